The highest BCUT2D eigenvalue weighted by molar-refractivity contribution is 14.1. The molecular formula is C25H30IN3O2. The molecule has 164 valence electrons. The Morgan fingerprint density at radius 1 is 1.16 bits per heavy atom. The van der Waals surface area contributed by atoms with E-state index in [9.17, 15) is 4.79 Å². The number of rotatable bonds is 7. The maximum atomic E-state index is 12.3. The SMILES string of the molecule is CCCCCN1CCC(c2c[nH]c3ccc(NC(=O)Oc4ccc(I)cc4)cc23)CC1. The molecule has 2 aromatic carbocycles. The van der Waals surface area contributed by atoms with E-state index in [1.54, 1.807) is 12.1 Å². The van der Waals surface area contributed by atoms with Crippen LogP contribution in [0.2, 0.25) is 0 Å². The lowest BCUT2D eigenvalue weighted by atomic mass is 9.89. The van der Waals surface area contributed by atoms with E-state index in [-0.39, 0.29) is 0 Å². The van der Waals surface area contributed by atoms with Crippen molar-refractivity contribution >= 4 is 45.3 Å². The second-order valence-corrected chi connectivity index (χ2v) is 9.54. The van der Waals surface area contributed by atoms with Crippen LogP contribution >= 0.6 is 22.6 Å². The zero-order chi connectivity index (χ0) is 21.6. The summed E-state index contributed by atoms with van der Waals surface area (Å²) in [7, 11) is 0. The number of halogens is 1. The fraction of sp³-hybridized carbons (Fsp3) is 0.400. The number of H-pyrrole nitrogens is 1. The van der Waals surface area contributed by atoms with Gasteiger partial charge in [-0.05, 0) is 115 Å². The Morgan fingerprint density at radius 2 is 1.94 bits per heavy atom. The van der Waals surface area contributed by atoms with Crippen LogP contribution in [-0.4, -0.2) is 35.6 Å². The second kappa shape index (κ2) is 10.5. The molecule has 6 heteroatoms. The average Bonchev–Trinajstić information content (AvgIpc) is 3.19. The molecule has 2 N–H and O–H groups in total. The Balaban J connectivity index is 1.39. The molecule has 1 aliphatic rings. The fourth-order valence-electron chi connectivity index (χ4n) is 4.36. The Kier molecular flexibility index (Phi) is 7.50. The van der Waals surface area contributed by atoms with Crippen LogP contribution in [0.25, 0.3) is 10.9 Å². The predicted octanol–water partition coefficient (Wildman–Crippen LogP) is 6.75. The number of ether oxygens (including phenoxy) is 1. The monoisotopic (exact) mass is 531 g/mol. The van der Waals surface area contributed by atoms with Gasteiger partial charge >= 0.3 is 6.09 Å². The van der Waals surface area contributed by atoms with E-state index in [1.165, 1.54) is 62.7 Å². The van der Waals surface area contributed by atoms with E-state index in [0.29, 0.717) is 11.7 Å². The zero-order valence-electron chi connectivity index (χ0n) is 18.0. The van der Waals surface area contributed by atoms with Crippen LogP contribution in [0.4, 0.5) is 10.5 Å². The topological polar surface area (TPSA) is 57.4 Å². The molecule has 5 nitrogen and oxygen atoms in total. The molecule has 3 aromatic rings. The van der Waals surface area contributed by atoms with Crippen molar-refractivity contribution in [3.8, 4) is 5.75 Å². The molecule has 31 heavy (non-hydrogen) atoms. The first kappa shape index (κ1) is 22.1. The molecule has 0 radical (unpaired) electrons. The normalized spacial score (nSPS) is 15.3. The van der Waals surface area contributed by atoms with Gasteiger partial charge in [0.05, 0.1) is 0 Å². The molecule has 1 aromatic heterocycles. The minimum Gasteiger partial charge on any atom is -0.410 e. The number of hydrogen-bond acceptors (Lipinski definition) is 3. The first-order valence-corrected chi connectivity index (χ1v) is 12.3. The van der Waals surface area contributed by atoms with Gasteiger partial charge in [0.2, 0.25) is 0 Å². The number of aromatic nitrogens is 1. The number of carbonyl (C=O) groups excluding carboxylic acids is 1. The van der Waals surface area contributed by atoms with Crippen LogP contribution in [0, 0.1) is 3.57 Å². The number of nitrogens with one attached hydrogen (secondary N) is 2. The molecular weight excluding hydrogens is 501 g/mol. The minimum atomic E-state index is -0.474. The van der Waals surface area contributed by atoms with Gasteiger partial charge in [0.25, 0.3) is 0 Å². The lowest BCUT2D eigenvalue weighted by Gasteiger charge is -2.32. The fourth-order valence-corrected chi connectivity index (χ4v) is 4.72. The third-order valence-electron chi connectivity index (χ3n) is 6.09. The van der Waals surface area contributed by atoms with Crippen molar-refractivity contribution in [2.45, 2.75) is 44.9 Å². The summed E-state index contributed by atoms with van der Waals surface area (Å²) in [5.41, 5.74) is 3.22. The maximum absolute atomic E-state index is 12.3. The predicted molar refractivity (Wildman–Crippen MR) is 135 cm³/mol. The average molecular weight is 531 g/mol. The van der Waals surface area contributed by atoms with E-state index in [1.807, 2.05) is 24.3 Å². The number of nitrogens with zero attached hydrogens (tertiary/aromatic N) is 1. The van der Waals surface area contributed by atoms with Gasteiger partial charge in [-0.15, -0.1) is 0 Å². The highest BCUT2D eigenvalue weighted by Gasteiger charge is 2.22. The van der Waals surface area contributed by atoms with Crippen molar-refractivity contribution in [1.82, 2.24) is 9.88 Å². The number of likely N-dealkylation sites (tertiary alicyclic amines) is 1. The van der Waals surface area contributed by atoms with Gasteiger partial charge in [-0.25, -0.2) is 4.79 Å². The highest BCUT2D eigenvalue weighted by atomic mass is 127. The molecule has 4 rings (SSSR count). The van der Waals surface area contributed by atoms with Crippen molar-refractivity contribution in [3.05, 3.63) is 57.8 Å². The Morgan fingerprint density at radius 3 is 2.68 bits per heavy atom. The summed E-state index contributed by atoms with van der Waals surface area (Å²) in [6, 6.07) is 13.4. The van der Waals surface area contributed by atoms with Crippen LogP contribution < -0.4 is 10.1 Å². The van der Waals surface area contributed by atoms with Gasteiger partial charge in [0.15, 0.2) is 0 Å². The van der Waals surface area contributed by atoms with Crippen LogP contribution in [0.1, 0.15) is 50.5 Å². The standard InChI is InChI=1S/C25H30IN3O2/c1-2-3-4-13-29-14-11-18(12-15-29)23-17-27-24-10-7-20(16-22(23)24)28-25(30)31-21-8-5-19(26)6-9-21/h5-10,16-18,27H,2-4,11-15H2,1H3,(H,28,30). The van der Waals surface area contributed by atoms with E-state index >= 15 is 0 Å². The van der Waals surface area contributed by atoms with Gasteiger partial charge in [-0.2, -0.15) is 0 Å². The van der Waals surface area contributed by atoms with Gasteiger partial charge in [-0.3, -0.25) is 5.32 Å². The molecule has 1 aliphatic heterocycles. The van der Waals surface area contributed by atoms with Crippen molar-refractivity contribution in [1.29, 1.82) is 0 Å². The number of amides is 1. The largest absolute Gasteiger partial charge is 0.417 e. The lowest BCUT2D eigenvalue weighted by molar-refractivity contribution is 0.209. The Bertz CT molecular complexity index is 1010. The molecule has 0 saturated carbocycles. The number of unbranched alkanes of at least 4 members (excludes halogenated alkanes) is 2. The lowest BCUT2D eigenvalue weighted by Crippen LogP contribution is -2.33. The molecule has 0 unspecified atom stereocenters. The van der Waals surface area contributed by atoms with Crippen LogP contribution in [-0.2, 0) is 0 Å². The minimum absolute atomic E-state index is 0.474. The number of carbonyl (C=O) groups is 1. The summed E-state index contributed by atoms with van der Waals surface area (Å²) in [6.45, 7) is 5.82. The van der Waals surface area contributed by atoms with Crippen LogP contribution in [0.5, 0.6) is 5.75 Å². The van der Waals surface area contributed by atoms with Gasteiger partial charge in [0.1, 0.15) is 5.75 Å². The number of anilines is 1. The highest BCUT2D eigenvalue weighted by Crippen LogP contribution is 2.34. The molecule has 1 amide bonds. The smallest absolute Gasteiger partial charge is 0.410 e. The van der Waals surface area contributed by atoms with Crippen molar-refractivity contribution < 1.29 is 9.53 Å². The number of hydrogen-bond donors (Lipinski definition) is 2. The molecule has 2 heterocycles. The summed E-state index contributed by atoms with van der Waals surface area (Å²) in [4.78, 5) is 18.3. The summed E-state index contributed by atoms with van der Waals surface area (Å²) in [5, 5.41) is 4.06. The number of benzene rings is 2. The molecule has 1 saturated heterocycles. The van der Waals surface area contributed by atoms with E-state index in [2.05, 4.69) is 57.0 Å². The first-order valence-electron chi connectivity index (χ1n) is 11.2. The summed E-state index contributed by atoms with van der Waals surface area (Å²) in [6.07, 6.45) is 7.96. The quantitative estimate of drug-likeness (QED) is 0.262. The van der Waals surface area contributed by atoms with Gasteiger partial charge < -0.3 is 14.6 Å². The summed E-state index contributed by atoms with van der Waals surface area (Å²) >= 11 is 2.22. The number of piperidine rings is 1. The number of aromatic amines is 1. The number of fused-ring (bicyclic) bond motifs is 1. The molecule has 0 bridgehead atoms. The molecule has 1 fully saturated rings. The maximum Gasteiger partial charge on any atom is 0.417 e. The first-order chi connectivity index (χ1) is 15.1. The Hall–Kier alpha value is -2.06. The van der Waals surface area contributed by atoms with E-state index in [4.69, 9.17) is 4.74 Å². The molecule has 0 spiro atoms. The van der Waals surface area contributed by atoms with Crippen molar-refractivity contribution in [2.24, 2.45) is 0 Å². The van der Waals surface area contributed by atoms with Gasteiger partial charge in [0, 0.05) is 26.4 Å². The van der Waals surface area contributed by atoms with Crippen LogP contribution in [0.15, 0.2) is 48.7 Å². The van der Waals surface area contributed by atoms with Gasteiger partial charge in [-0.1, -0.05) is 19.8 Å². The summed E-state index contributed by atoms with van der Waals surface area (Å²) < 4.78 is 6.50. The molecule has 0 atom stereocenters. The van der Waals surface area contributed by atoms with Crippen molar-refractivity contribution in [2.75, 3.05) is 25.0 Å². The molecule has 0 aliphatic carbocycles. The van der Waals surface area contributed by atoms with Crippen molar-refractivity contribution in [3.63, 3.8) is 0 Å². The second-order valence-electron chi connectivity index (χ2n) is 8.30. The summed E-state index contributed by atoms with van der Waals surface area (Å²) in [5.74, 6) is 1.09. The Labute approximate surface area is 197 Å². The third kappa shape index (κ3) is 5.80. The van der Waals surface area contributed by atoms with Crippen LogP contribution in [0.3, 0.4) is 0 Å². The third-order valence-corrected chi connectivity index (χ3v) is 6.81. The zero-order valence-corrected chi connectivity index (χ0v) is 20.2. The van der Waals surface area contributed by atoms with E-state index in [0.717, 1.165) is 14.8 Å². The van der Waals surface area contributed by atoms with E-state index < -0.39 is 6.09 Å².